The number of ether oxygens (including phenoxy) is 1. The maximum Gasteiger partial charge on any atom is 0.383 e. The van der Waals surface area contributed by atoms with Crippen LogP contribution in [0.3, 0.4) is 0 Å². The van der Waals surface area contributed by atoms with Crippen LogP contribution in [0, 0.1) is 23.3 Å². The molecule has 0 spiro atoms. The van der Waals surface area contributed by atoms with Crippen LogP contribution in [0.5, 0.6) is 0 Å². The van der Waals surface area contributed by atoms with Crippen LogP contribution in [0.1, 0.15) is 66.7 Å². The lowest BCUT2D eigenvalue weighted by Gasteiger charge is -2.31. The van der Waals surface area contributed by atoms with E-state index >= 15 is 8.78 Å². The number of hydrogen-bond acceptors (Lipinski definition) is 1. The molecule has 1 aliphatic carbocycles. The number of aryl methyl sites for hydroxylation is 1. The molecule has 0 atom stereocenters. The highest BCUT2D eigenvalue weighted by Crippen LogP contribution is 2.40. The summed E-state index contributed by atoms with van der Waals surface area (Å²) in [5.74, 6) is -2.84. The van der Waals surface area contributed by atoms with E-state index in [4.69, 9.17) is 4.74 Å². The third-order valence-corrected chi connectivity index (χ3v) is 8.71. The smallest absolute Gasteiger partial charge is 0.313 e. The van der Waals surface area contributed by atoms with Crippen LogP contribution in [0.15, 0.2) is 98.1 Å². The normalized spacial score (nSPS) is 16.7. The summed E-state index contributed by atoms with van der Waals surface area (Å²) in [4.78, 5) is 0. The van der Waals surface area contributed by atoms with Crippen molar-refractivity contribution in [1.29, 1.82) is 0 Å². The van der Waals surface area contributed by atoms with E-state index in [0.717, 1.165) is 42.2 Å². The Morgan fingerprint density at radius 3 is 1.83 bits per heavy atom. The van der Waals surface area contributed by atoms with Crippen LogP contribution in [0.4, 0.5) is 26.3 Å². The molecule has 1 aliphatic rings. The first-order valence-corrected chi connectivity index (χ1v) is 15.5. The molecule has 0 heterocycles. The van der Waals surface area contributed by atoms with Crippen molar-refractivity contribution in [3.05, 3.63) is 144 Å². The molecule has 1 nitrogen and oxygen atoms in total. The van der Waals surface area contributed by atoms with Crippen molar-refractivity contribution in [2.24, 2.45) is 0 Å². The summed E-state index contributed by atoms with van der Waals surface area (Å²) >= 11 is 0. The van der Waals surface area contributed by atoms with Crippen LogP contribution in [-0.4, -0.2) is 6.10 Å². The van der Waals surface area contributed by atoms with Gasteiger partial charge in [0.1, 0.15) is 23.3 Å². The summed E-state index contributed by atoms with van der Waals surface area (Å²) in [6, 6.07) is 17.1. The number of halogens is 6. The second-order valence-corrected chi connectivity index (χ2v) is 11.8. The number of rotatable bonds is 12. The Kier molecular flexibility index (Phi) is 10.5. The van der Waals surface area contributed by atoms with Gasteiger partial charge in [0.2, 0.25) is 0 Å². The second-order valence-electron chi connectivity index (χ2n) is 11.8. The first-order valence-electron chi connectivity index (χ1n) is 15.5. The van der Waals surface area contributed by atoms with Gasteiger partial charge < -0.3 is 4.74 Å². The third kappa shape index (κ3) is 7.64. The monoisotopic (exact) mass is 634 g/mol. The zero-order valence-corrected chi connectivity index (χ0v) is 25.5. The fraction of sp³-hybridized carbons (Fsp3) is 0.282. The van der Waals surface area contributed by atoms with Crippen LogP contribution >= 0.6 is 0 Å². The van der Waals surface area contributed by atoms with Crippen molar-refractivity contribution >= 4 is 0 Å². The molecule has 240 valence electrons. The molecule has 0 aliphatic heterocycles. The Bertz CT molecular complexity index is 1660. The van der Waals surface area contributed by atoms with Gasteiger partial charge >= 0.3 is 6.11 Å². The van der Waals surface area contributed by atoms with Gasteiger partial charge in [-0.05, 0) is 104 Å². The van der Waals surface area contributed by atoms with Crippen LogP contribution in [-0.2, 0) is 23.7 Å². The lowest BCUT2D eigenvalue weighted by Crippen LogP contribution is -2.29. The van der Waals surface area contributed by atoms with Crippen molar-refractivity contribution in [3.8, 4) is 22.3 Å². The molecular formula is C39H36F6O. The Morgan fingerprint density at radius 2 is 1.22 bits per heavy atom. The van der Waals surface area contributed by atoms with Crippen LogP contribution in [0.25, 0.3) is 22.3 Å². The minimum atomic E-state index is -3.41. The van der Waals surface area contributed by atoms with E-state index in [1.807, 2.05) is 0 Å². The molecule has 0 saturated heterocycles. The highest BCUT2D eigenvalue weighted by Gasteiger charge is 2.37. The molecule has 0 N–H and O–H groups in total. The number of alkyl halides is 2. The fourth-order valence-corrected chi connectivity index (χ4v) is 6.11. The van der Waals surface area contributed by atoms with Crippen molar-refractivity contribution in [2.45, 2.75) is 69.5 Å². The SMILES string of the molecule is C=CCCc1ccc(C(F)(F)OC2CCC(c3ccc(-c4ccc(-c5cc(F)c(CCC=C)c(F)c5)c(F)c4)c(F)c3)CC2)cc1. The summed E-state index contributed by atoms with van der Waals surface area (Å²) in [5, 5.41) is 0. The van der Waals surface area contributed by atoms with Gasteiger partial charge in [-0.1, -0.05) is 60.7 Å². The lowest BCUT2D eigenvalue weighted by atomic mass is 9.82. The van der Waals surface area contributed by atoms with E-state index in [1.54, 1.807) is 36.4 Å². The van der Waals surface area contributed by atoms with Crippen LogP contribution < -0.4 is 0 Å². The third-order valence-electron chi connectivity index (χ3n) is 8.71. The first-order chi connectivity index (χ1) is 22.1. The standard InChI is InChI=1S/C39H36F6O/c1-3-5-7-25-9-15-30(16-10-25)39(44,45)46-31-17-11-26(12-18-31)27-13-19-32(35(40)21-27)28-14-20-33(36(41)22-28)29-23-37(42)34(8-6-4-2)38(43)24-29/h3-4,9-10,13-16,19-24,26,31H,1-2,5-8,11-12,17-18H2. The summed E-state index contributed by atoms with van der Waals surface area (Å²) in [6.07, 6.45) is 3.31. The molecule has 7 heteroatoms. The zero-order valence-electron chi connectivity index (χ0n) is 25.5. The Balaban J connectivity index is 1.22. The number of hydrogen-bond donors (Lipinski definition) is 0. The van der Waals surface area contributed by atoms with Gasteiger partial charge in [0, 0.05) is 16.7 Å². The summed E-state index contributed by atoms with van der Waals surface area (Å²) in [5.41, 5.74) is 1.93. The van der Waals surface area contributed by atoms with E-state index < -0.39 is 35.5 Å². The maximum atomic E-state index is 15.3. The highest BCUT2D eigenvalue weighted by molar-refractivity contribution is 5.72. The molecule has 5 rings (SSSR count). The molecular weight excluding hydrogens is 598 g/mol. The van der Waals surface area contributed by atoms with Gasteiger partial charge in [-0.25, -0.2) is 17.6 Å². The minimum Gasteiger partial charge on any atom is -0.313 e. The summed E-state index contributed by atoms with van der Waals surface area (Å²) < 4.78 is 94.6. The molecule has 1 saturated carbocycles. The first kappa shape index (κ1) is 33.3. The molecule has 1 fully saturated rings. The highest BCUT2D eigenvalue weighted by atomic mass is 19.3. The average Bonchev–Trinajstić information content (AvgIpc) is 3.03. The molecule has 46 heavy (non-hydrogen) atoms. The molecule has 0 amide bonds. The van der Waals surface area contributed by atoms with E-state index in [2.05, 4.69) is 13.2 Å². The second kappa shape index (κ2) is 14.5. The topological polar surface area (TPSA) is 9.23 Å². The molecule has 0 aromatic heterocycles. The molecule has 4 aromatic carbocycles. The fourth-order valence-electron chi connectivity index (χ4n) is 6.11. The Morgan fingerprint density at radius 1 is 0.652 bits per heavy atom. The van der Waals surface area contributed by atoms with Gasteiger partial charge in [0.15, 0.2) is 0 Å². The van der Waals surface area contributed by atoms with Gasteiger partial charge in [-0.15, -0.1) is 13.2 Å². The number of benzene rings is 4. The predicted molar refractivity (Wildman–Crippen MR) is 171 cm³/mol. The molecule has 4 aromatic rings. The summed E-state index contributed by atoms with van der Waals surface area (Å²) in [6.45, 7) is 7.24. The van der Waals surface area contributed by atoms with E-state index in [9.17, 15) is 17.6 Å². The van der Waals surface area contributed by atoms with Gasteiger partial charge in [0.25, 0.3) is 0 Å². The largest absolute Gasteiger partial charge is 0.383 e. The summed E-state index contributed by atoms with van der Waals surface area (Å²) in [7, 11) is 0. The Labute approximate surface area is 266 Å². The van der Waals surface area contributed by atoms with Gasteiger partial charge in [0.05, 0.1) is 11.7 Å². The van der Waals surface area contributed by atoms with E-state index in [-0.39, 0.29) is 45.7 Å². The van der Waals surface area contributed by atoms with Crippen LogP contribution in [0.2, 0.25) is 0 Å². The quantitative estimate of drug-likeness (QED) is 0.111. The maximum absolute atomic E-state index is 15.3. The van der Waals surface area contributed by atoms with Crippen molar-refractivity contribution in [1.82, 2.24) is 0 Å². The van der Waals surface area contributed by atoms with Gasteiger partial charge in [-0.3, -0.25) is 0 Å². The van der Waals surface area contributed by atoms with Crippen molar-refractivity contribution < 1.29 is 31.1 Å². The number of allylic oxidation sites excluding steroid dienone is 2. The zero-order chi connectivity index (χ0) is 32.8. The van der Waals surface area contributed by atoms with Crippen molar-refractivity contribution in [3.63, 3.8) is 0 Å². The molecule has 0 bridgehead atoms. The van der Waals surface area contributed by atoms with E-state index in [0.29, 0.717) is 32.1 Å². The lowest BCUT2D eigenvalue weighted by molar-refractivity contribution is -0.277. The van der Waals surface area contributed by atoms with Crippen molar-refractivity contribution in [2.75, 3.05) is 0 Å². The average molecular weight is 635 g/mol. The molecule has 0 unspecified atom stereocenters. The van der Waals surface area contributed by atoms with E-state index in [1.165, 1.54) is 30.3 Å². The molecule has 0 radical (unpaired) electrons. The van der Waals surface area contributed by atoms with Gasteiger partial charge in [-0.2, -0.15) is 8.78 Å². The minimum absolute atomic E-state index is 0.000984. The predicted octanol–water partition coefficient (Wildman–Crippen LogP) is 11.6. The Hall–Kier alpha value is -4.10.